The van der Waals surface area contributed by atoms with E-state index >= 15 is 0 Å². The quantitative estimate of drug-likeness (QED) is 0.119. The van der Waals surface area contributed by atoms with E-state index in [4.69, 9.17) is 0 Å². The van der Waals surface area contributed by atoms with Gasteiger partial charge < -0.3 is 9.80 Å². The van der Waals surface area contributed by atoms with Crippen molar-refractivity contribution in [2.24, 2.45) is 0 Å². The zero-order valence-electron chi connectivity index (χ0n) is 49.3. The molecule has 16 rings (SSSR count). The Morgan fingerprint density at radius 3 is 1.06 bits per heavy atom. The van der Waals surface area contributed by atoms with Crippen LogP contribution in [0.2, 0.25) is 0 Å². The summed E-state index contributed by atoms with van der Waals surface area (Å²) in [5.74, 6) is 0. The molecule has 0 radical (unpaired) electrons. The smallest absolute Gasteiger partial charge is 0.0540 e. The highest BCUT2D eigenvalue weighted by Gasteiger charge is 2.38. The average molecular weight is 1130 g/mol. The maximum atomic E-state index is 2.43. The Balaban J connectivity index is 0.702. The normalized spacial score (nSPS) is 13.8. The highest BCUT2D eigenvalue weighted by Crippen LogP contribution is 2.57. The number of hydrogen-bond acceptors (Lipinski definition) is 2. The van der Waals surface area contributed by atoms with Gasteiger partial charge in [0.05, 0.1) is 11.4 Å². The summed E-state index contributed by atoms with van der Waals surface area (Å²) in [4.78, 5) is 4.84. The molecule has 2 nitrogen and oxygen atoms in total. The lowest BCUT2D eigenvalue weighted by Gasteiger charge is -2.29. The number of rotatable bonds is 11. The van der Waals surface area contributed by atoms with Crippen molar-refractivity contribution in [2.45, 2.75) is 38.5 Å². The summed E-state index contributed by atoms with van der Waals surface area (Å²) >= 11 is 0. The third kappa shape index (κ3) is 8.85. The van der Waals surface area contributed by atoms with Gasteiger partial charge in [-0.05, 0) is 179 Å². The Hall–Kier alpha value is -10.2. The third-order valence-electron chi connectivity index (χ3n) is 18.7. The lowest BCUT2D eigenvalue weighted by molar-refractivity contribution is 0.660. The van der Waals surface area contributed by atoms with E-state index in [2.05, 4.69) is 347 Å². The molecule has 0 fully saturated rings. The van der Waals surface area contributed by atoms with Gasteiger partial charge in [0.1, 0.15) is 0 Å². The zero-order valence-corrected chi connectivity index (χ0v) is 50.2. The molecule has 87 heavy (non-hydrogen) atoms. The largest absolute Gasteiger partial charge is 0.310 e. The number of nitrogens with zero attached hydrogens (tertiary/aromatic N) is 2. The van der Waals surface area contributed by atoms with E-state index in [9.17, 15) is 0 Å². The fourth-order valence-electron chi connectivity index (χ4n) is 14.3. The first kappa shape index (κ1) is 52.3. The van der Waals surface area contributed by atoms with Crippen LogP contribution in [0.4, 0.5) is 34.1 Å². The molecule has 0 unspecified atom stereocenters. The maximum Gasteiger partial charge on any atom is 0.0540 e. The molecule has 0 saturated heterocycles. The summed E-state index contributed by atoms with van der Waals surface area (Å²) in [6.07, 6.45) is 9.23. The van der Waals surface area contributed by atoms with Gasteiger partial charge in [-0.15, -0.1) is 0 Å². The molecule has 3 heteroatoms. The molecule has 414 valence electrons. The monoisotopic (exact) mass is 1130 g/mol. The second-order valence-electron chi connectivity index (χ2n) is 24.5. The summed E-state index contributed by atoms with van der Waals surface area (Å²) in [6.45, 7) is 9.56. The van der Waals surface area contributed by atoms with Crippen molar-refractivity contribution in [3.8, 4) is 27.6 Å². The summed E-state index contributed by atoms with van der Waals surface area (Å²) in [6, 6.07) is 106. The van der Waals surface area contributed by atoms with Gasteiger partial charge in [-0.3, -0.25) is 0 Å². The van der Waals surface area contributed by atoms with Crippen LogP contribution in [-0.4, -0.2) is 0 Å². The lowest BCUT2D eigenvalue weighted by atomic mass is 9.81. The van der Waals surface area contributed by atoms with E-state index in [0.717, 1.165) is 22.7 Å². The van der Waals surface area contributed by atoms with E-state index in [1.807, 2.05) is 0 Å². The van der Waals surface area contributed by atoms with Crippen molar-refractivity contribution in [3.63, 3.8) is 0 Å². The van der Waals surface area contributed by atoms with E-state index in [-0.39, 0.29) is 10.8 Å². The molecule has 0 bridgehead atoms. The highest BCUT2D eigenvalue weighted by atomic mass is 31.1. The Bertz CT molecular complexity index is 4790. The van der Waals surface area contributed by atoms with Crippen molar-refractivity contribution >= 4 is 109 Å². The molecular weight excluding hydrogens is 1070 g/mol. The standard InChI is InChI=1S/C84H63N2P/c1-83(2)75-52-58(38-44-69(75)71-46-42-64(54-77(71)83)85(62-24-8-5-9-25-62)79-32-18-22-60-20-14-16-30-67(60)79)36-34-56-40-48-81-73(50-56)74-51-57(41-49-82(74)87(81)66-28-12-7-13-29-66)35-37-59-39-45-70-72-47-43-65(55-78(72)84(3,4)76(70)53-59)86(63-26-10-6-11-27-63)80-33-19-23-61-21-15-17-31-68(61)80/h5-55H,1-4H3. The molecule has 0 aliphatic heterocycles. The Labute approximate surface area is 511 Å². The molecule has 0 atom stereocenters. The minimum atomic E-state index is -0.714. The van der Waals surface area contributed by atoms with E-state index in [0.29, 0.717) is 0 Å². The van der Waals surface area contributed by atoms with Crippen molar-refractivity contribution in [1.29, 1.82) is 0 Å². The summed E-state index contributed by atoms with van der Waals surface area (Å²) in [5.41, 5.74) is 22.0. The Kier molecular flexibility index (Phi) is 12.5. The van der Waals surface area contributed by atoms with E-state index in [1.54, 1.807) is 0 Å². The number of para-hydroxylation sites is 2. The first-order chi connectivity index (χ1) is 42.6. The second kappa shape index (κ2) is 20.8. The van der Waals surface area contributed by atoms with Crippen LogP contribution < -0.4 is 9.80 Å². The van der Waals surface area contributed by atoms with Crippen molar-refractivity contribution in [3.05, 3.63) is 330 Å². The molecular formula is C84H63N2P. The minimum Gasteiger partial charge on any atom is -0.310 e. The molecule has 0 spiro atoms. The van der Waals surface area contributed by atoms with Crippen molar-refractivity contribution in [2.75, 3.05) is 9.80 Å². The molecule has 1 aromatic heterocycles. The van der Waals surface area contributed by atoms with E-state index in [1.165, 1.54) is 126 Å². The number of fused-ring (bicyclic) bond motifs is 11. The summed E-state index contributed by atoms with van der Waals surface area (Å²) in [5, 5.41) is 11.8. The van der Waals surface area contributed by atoms with Gasteiger partial charge in [0.2, 0.25) is 0 Å². The fourth-order valence-corrected chi connectivity index (χ4v) is 16.9. The van der Waals surface area contributed by atoms with Crippen LogP contribution in [0.1, 0.15) is 72.2 Å². The van der Waals surface area contributed by atoms with Crippen LogP contribution in [0, 0.1) is 0 Å². The molecule has 2 aliphatic rings. The highest BCUT2D eigenvalue weighted by molar-refractivity contribution is 7.67. The van der Waals surface area contributed by atoms with Crippen LogP contribution in [-0.2, 0) is 10.8 Å². The molecule has 14 aromatic rings. The van der Waals surface area contributed by atoms with Crippen LogP contribution in [0.15, 0.2) is 285 Å². The van der Waals surface area contributed by atoms with Crippen molar-refractivity contribution in [1.82, 2.24) is 0 Å². The SMILES string of the molecule is CC1(C)c2cc(C=Cc3ccc4c(c3)c3cc(C=Cc5ccc6c(c5)C(C)(C)c5cc(N(c7ccccc7)c7cccc8ccccc78)ccc5-6)ccc3p4-c3ccccc3)ccc2-c2ccc(N(c3ccccc3)c3cccc4ccccc34)cc21. The number of hydrogen-bond donors (Lipinski definition) is 0. The van der Waals surface area contributed by atoms with Gasteiger partial charge in [0.25, 0.3) is 0 Å². The molecule has 2 aliphatic carbocycles. The van der Waals surface area contributed by atoms with Gasteiger partial charge in [-0.1, -0.05) is 260 Å². The Morgan fingerprint density at radius 2 is 0.621 bits per heavy atom. The summed E-state index contributed by atoms with van der Waals surface area (Å²) in [7, 11) is -0.714. The maximum absolute atomic E-state index is 2.43. The second-order valence-corrected chi connectivity index (χ2v) is 26.7. The lowest BCUT2D eigenvalue weighted by Crippen LogP contribution is -2.16. The average Bonchev–Trinajstić information content (AvgIpc) is 1.78. The number of benzene rings is 13. The minimum absolute atomic E-state index is 0.206. The van der Waals surface area contributed by atoms with Crippen LogP contribution >= 0.6 is 7.53 Å². The van der Waals surface area contributed by atoms with Crippen LogP contribution in [0.3, 0.4) is 0 Å². The molecule has 1 heterocycles. The molecule has 13 aromatic carbocycles. The van der Waals surface area contributed by atoms with Gasteiger partial charge in [-0.25, -0.2) is 0 Å². The predicted octanol–water partition coefficient (Wildman–Crippen LogP) is 24.2. The first-order valence-corrected chi connectivity index (χ1v) is 31.7. The predicted molar refractivity (Wildman–Crippen MR) is 376 cm³/mol. The van der Waals surface area contributed by atoms with Gasteiger partial charge in [0.15, 0.2) is 0 Å². The third-order valence-corrected chi connectivity index (χ3v) is 21.2. The Morgan fingerprint density at radius 1 is 0.276 bits per heavy atom. The topological polar surface area (TPSA) is 6.48 Å². The van der Waals surface area contributed by atoms with Crippen LogP contribution in [0.25, 0.3) is 94.4 Å². The fraction of sp³-hybridized carbons (Fsp3) is 0.0714. The van der Waals surface area contributed by atoms with Crippen LogP contribution in [0.5, 0.6) is 0 Å². The number of anilines is 6. The van der Waals surface area contributed by atoms with Crippen molar-refractivity contribution < 1.29 is 0 Å². The van der Waals surface area contributed by atoms with E-state index < -0.39 is 7.53 Å². The van der Waals surface area contributed by atoms with Gasteiger partial charge in [-0.2, -0.15) is 0 Å². The summed E-state index contributed by atoms with van der Waals surface area (Å²) < 4.78 is 0. The zero-order chi connectivity index (χ0) is 58.4. The van der Waals surface area contributed by atoms with Gasteiger partial charge in [0, 0.05) is 54.6 Å². The molecule has 0 amide bonds. The van der Waals surface area contributed by atoms with Gasteiger partial charge >= 0.3 is 0 Å². The molecule has 0 saturated carbocycles. The first-order valence-electron chi connectivity index (χ1n) is 30.4. The molecule has 0 N–H and O–H groups in total.